The van der Waals surface area contributed by atoms with Crippen LogP contribution < -0.4 is 5.56 Å². The standard InChI is InChI=1S/C11H18N2O3/c1-6(2)9-10(14)12-8(13-11(9)15)5-7(3)16-4/h6-7H,5H2,1-4H3,(H2,12,13,14,15). The average molecular weight is 226 g/mol. The Morgan fingerprint density at radius 3 is 2.50 bits per heavy atom. The van der Waals surface area contributed by atoms with Crippen molar-refractivity contribution in [3.63, 3.8) is 0 Å². The summed E-state index contributed by atoms with van der Waals surface area (Å²) in [5, 5.41) is 9.66. The molecule has 0 fully saturated rings. The van der Waals surface area contributed by atoms with E-state index in [0.29, 0.717) is 17.8 Å². The van der Waals surface area contributed by atoms with Crippen molar-refractivity contribution in [2.24, 2.45) is 0 Å². The minimum atomic E-state index is -0.277. The Hall–Kier alpha value is -1.36. The summed E-state index contributed by atoms with van der Waals surface area (Å²) >= 11 is 0. The monoisotopic (exact) mass is 226 g/mol. The van der Waals surface area contributed by atoms with Crippen LogP contribution in [0.4, 0.5) is 0 Å². The Morgan fingerprint density at radius 1 is 1.44 bits per heavy atom. The van der Waals surface area contributed by atoms with Crippen LogP contribution in [0.1, 0.15) is 38.1 Å². The fraction of sp³-hybridized carbons (Fsp3) is 0.636. The molecule has 0 aliphatic heterocycles. The summed E-state index contributed by atoms with van der Waals surface area (Å²) in [7, 11) is 1.59. The molecule has 0 bridgehead atoms. The van der Waals surface area contributed by atoms with E-state index < -0.39 is 0 Å². The van der Waals surface area contributed by atoms with E-state index in [-0.39, 0.29) is 23.5 Å². The Labute approximate surface area is 94.5 Å². The van der Waals surface area contributed by atoms with Crippen molar-refractivity contribution in [1.82, 2.24) is 9.97 Å². The minimum Gasteiger partial charge on any atom is -0.493 e. The molecule has 0 radical (unpaired) electrons. The van der Waals surface area contributed by atoms with Gasteiger partial charge in [-0.25, -0.2) is 0 Å². The van der Waals surface area contributed by atoms with Gasteiger partial charge in [-0.2, -0.15) is 4.98 Å². The van der Waals surface area contributed by atoms with E-state index in [1.54, 1.807) is 7.11 Å². The van der Waals surface area contributed by atoms with Crippen molar-refractivity contribution in [2.75, 3.05) is 7.11 Å². The molecule has 90 valence electrons. The SMILES string of the molecule is COC(C)Cc1nc(O)c(C(C)C)c(=O)[nH]1. The second-order valence-corrected chi connectivity index (χ2v) is 4.16. The number of hydrogen-bond acceptors (Lipinski definition) is 4. The summed E-state index contributed by atoms with van der Waals surface area (Å²) in [6.07, 6.45) is 0.421. The first-order valence-corrected chi connectivity index (χ1v) is 5.30. The predicted molar refractivity (Wildman–Crippen MR) is 60.8 cm³/mol. The lowest BCUT2D eigenvalue weighted by atomic mass is 10.1. The number of hydrogen-bond donors (Lipinski definition) is 2. The fourth-order valence-electron chi connectivity index (χ4n) is 1.49. The molecule has 1 unspecified atom stereocenters. The molecule has 0 aromatic carbocycles. The zero-order valence-corrected chi connectivity index (χ0v) is 10.1. The molecule has 0 spiro atoms. The quantitative estimate of drug-likeness (QED) is 0.808. The van der Waals surface area contributed by atoms with Gasteiger partial charge in [0, 0.05) is 13.5 Å². The molecule has 0 aliphatic carbocycles. The first kappa shape index (κ1) is 12.7. The Kier molecular flexibility index (Phi) is 4.06. The molecule has 1 atom stereocenters. The maximum atomic E-state index is 11.7. The Morgan fingerprint density at radius 2 is 2.06 bits per heavy atom. The maximum Gasteiger partial charge on any atom is 0.258 e. The molecule has 0 saturated heterocycles. The predicted octanol–water partition coefficient (Wildman–Crippen LogP) is 1.18. The number of ether oxygens (including phenoxy) is 1. The maximum absolute atomic E-state index is 11.7. The van der Waals surface area contributed by atoms with Crippen LogP contribution in [0.3, 0.4) is 0 Å². The van der Waals surface area contributed by atoms with E-state index in [4.69, 9.17) is 4.74 Å². The van der Waals surface area contributed by atoms with Gasteiger partial charge >= 0.3 is 0 Å². The second-order valence-electron chi connectivity index (χ2n) is 4.16. The summed E-state index contributed by atoms with van der Waals surface area (Å²) in [4.78, 5) is 18.3. The molecular weight excluding hydrogens is 208 g/mol. The van der Waals surface area contributed by atoms with E-state index in [1.807, 2.05) is 20.8 Å². The third kappa shape index (κ3) is 2.82. The first-order chi connectivity index (χ1) is 7.45. The number of nitrogens with zero attached hydrogens (tertiary/aromatic N) is 1. The van der Waals surface area contributed by atoms with Crippen molar-refractivity contribution in [1.29, 1.82) is 0 Å². The number of H-pyrrole nitrogens is 1. The van der Waals surface area contributed by atoms with Crippen molar-refractivity contribution in [3.8, 4) is 5.88 Å². The summed E-state index contributed by atoms with van der Waals surface area (Å²) in [6, 6.07) is 0. The van der Waals surface area contributed by atoms with Crippen molar-refractivity contribution in [3.05, 3.63) is 21.7 Å². The van der Waals surface area contributed by atoms with E-state index in [9.17, 15) is 9.90 Å². The number of nitrogens with one attached hydrogen (secondary N) is 1. The van der Waals surface area contributed by atoms with Crippen LogP contribution >= 0.6 is 0 Å². The zero-order valence-electron chi connectivity index (χ0n) is 10.1. The highest BCUT2D eigenvalue weighted by Crippen LogP contribution is 2.18. The third-order valence-corrected chi connectivity index (χ3v) is 2.44. The van der Waals surface area contributed by atoms with E-state index in [0.717, 1.165) is 0 Å². The summed E-state index contributed by atoms with van der Waals surface area (Å²) in [5.41, 5.74) is 0.0506. The van der Waals surface area contributed by atoms with Gasteiger partial charge in [0.25, 0.3) is 5.56 Å². The van der Waals surface area contributed by atoms with E-state index in [2.05, 4.69) is 9.97 Å². The molecule has 1 rings (SSSR count). The topological polar surface area (TPSA) is 75.2 Å². The van der Waals surface area contributed by atoms with Crippen LogP contribution in [-0.4, -0.2) is 28.3 Å². The van der Waals surface area contributed by atoms with Gasteiger partial charge in [-0.05, 0) is 12.8 Å². The Balaban J connectivity index is 3.05. The normalized spacial score (nSPS) is 13.1. The third-order valence-electron chi connectivity index (χ3n) is 2.44. The average Bonchev–Trinajstić information content (AvgIpc) is 2.15. The number of aromatic nitrogens is 2. The molecule has 2 N–H and O–H groups in total. The van der Waals surface area contributed by atoms with Crippen LogP contribution in [0.25, 0.3) is 0 Å². The number of methoxy groups -OCH3 is 1. The fourth-order valence-corrected chi connectivity index (χ4v) is 1.49. The lowest BCUT2D eigenvalue weighted by Crippen LogP contribution is -2.20. The lowest BCUT2D eigenvalue weighted by Gasteiger charge is -2.11. The summed E-state index contributed by atoms with van der Waals surface area (Å²) < 4.78 is 5.07. The molecule has 0 amide bonds. The van der Waals surface area contributed by atoms with Gasteiger partial charge in [-0.1, -0.05) is 13.8 Å². The molecule has 16 heavy (non-hydrogen) atoms. The van der Waals surface area contributed by atoms with Crippen LogP contribution in [0.15, 0.2) is 4.79 Å². The van der Waals surface area contributed by atoms with Gasteiger partial charge in [-0.3, -0.25) is 4.79 Å². The van der Waals surface area contributed by atoms with Gasteiger partial charge in [0.2, 0.25) is 5.88 Å². The van der Waals surface area contributed by atoms with Crippen LogP contribution in [0.2, 0.25) is 0 Å². The highest BCUT2D eigenvalue weighted by Gasteiger charge is 2.14. The Bertz CT molecular complexity index is 412. The number of aromatic amines is 1. The highest BCUT2D eigenvalue weighted by molar-refractivity contribution is 5.25. The van der Waals surface area contributed by atoms with E-state index >= 15 is 0 Å². The second kappa shape index (κ2) is 5.12. The zero-order chi connectivity index (χ0) is 12.3. The molecule has 1 aromatic rings. The molecule has 5 nitrogen and oxygen atoms in total. The molecule has 1 heterocycles. The number of aromatic hydroxyl groups is 1. The number of rotatable bonds is 4. The smallest absolute Gasteiger partial charge is 0.258 e. The molecule has 1 aromatic heterocycles. The van der Waals surface area contributed by atoms with Gasteiger partial charge in [-0.15, -0.1) is 0 Å². The van der Waals surface area contributed by atoms with Crippen molar-refractivity contribution < 1.29 is 9.84 Å². The van der Waals surface area contributed by atoms with Crippen molar-refractivity contribution in [2.45, 2.75) is 39.2 Å². The molecule has 0 aliphatic rings. The summed E-state index contributed by atoms with van der Waals surface area (Å²) in [5.74, 6) is 0.212. The van der Waals surface area contributed by atoms with Gasteiger partial charge in [0.1, 0.15) is 5.82 Å². The minimum absolute atomic E-state index is 0.0487. The lowest BCUT2D eigenvalue weighted by molar-refractivity contribution is 0.117. The van der Waals surface area contributed by atoms with Crippen LogP contribution in [0.5, 0.6) is 5.88 Å². The van der Waals surface area contributed by atoms with Crippen LogP contribution in [0, 0.1) is 0 Å². The van der Waals surface area contributed by atoms with Gasteiger partial charge in [0.05, 0.1) is 11.7 Å². The molecule has 5 heteroatoms. The largest absolute Gasteiger partial charge is 0.493 e. The van der Waals surface area contributed by atoms with Gasteiger partial charge < -0.3 is 14.8 Å². The highest BCUT2D eigenvalue weighted by atomic mass is 16.5. The first-order valence-electron chi connectivity index (χ1n) is 5.30. The van der Waals surface area contributed by atoms with Crippen LogP contribution in [-0.2, 0) is 11.2 Å². The summed E-state index contributed by atoms with van der Waals surface area (Å²) in [6.45, 7) is 5.54. The van der Waals surface area contributed by atoms with Crippen molar-refractivity contribution >= 4 is 0 Å². The van der Waals surface area contributed by atoms with E-state index in [1.165, 1.54) is 0 Å². The molecular formula is C11H18N2O3. The van der Waals surface area contributed by atoms with Gasteiger partial charge in [0.15, 0.2) is 0 Å². The molecule has 0 saturated carbocycles.